The SMILES string of the molecule is CCCCC(CC)CN(CC(CC)CCCC)C(=O)c1cccc(/N=N/c2cn(-c3ccc(-n4c(O)c(/N=N/c5cccc(C(=O)N(CC(CC)CCCC)CC(CC)CCCC)c5)c(-c5ccccc5)c(C#N)c4=O)cc3)c(=O)c(C#N)c2-c2ccccc2)c1. The summed E-state index contributed by atoms with van der Waals surface area (Å²) >= 11 is 0. The molecule has 4 unspecified atom stereocenters. The van der Waals surface area contributed by atoms with Gasteiger partial charge in [-0.25, -0.2) is 4.57 Å². The van der Waals surface area contributed by atoms with E-state index < -0.39 is 17.0 Å². The molecule has 91 heavy (non-hydrogen) atoms. The number of carbonyl (C=O) groups is 2. The van der Waals surface area contributed by atoms with Gasteiger partial charge in [-0.1, -0.05) is 205 Å². The monoisotopic (exact) mass is 1220 g/mol. The average molecular weight is 1230 g/mol. The number of hydrogen-bond donors (Lipinski definition) is 1. The topological polar surface area (TPSA) is 202 Å². The van der Waals surface area contributed by atoms with Crippen LogP contribution in [0.1, 0.15) is 190 Å². The van der Waals surface area contributed by atoms with E-state index in [1.807, 2.05) is 21.9 Å². The second-order valence-electron chi connectivity index (χ2n) is 24.1. The lowest BCUT2D eigenvalue weighted by atomic mass is 9.95. The van der Waals surface area contributed by atoms with E-state index in [-0.39, 0.29) is 56.8 Å². The molecule has 2 aromatic heterocycles. The summed E-state index contributed by atoms with van der Waals surface area (Å²) < 4.78 is 2.24. The molecule has 7 rings (SSSR count). The van der Waals surface area contributed by atoms with Crippen LogP contribution in [0.3, 0.4) is 0 Å². The number of nitriles is 2. The van der Waals surface area contributed by atoms with Gasteiger partial charge in [0.1, 0.15) is 29.0 Å². The Labute approximate surface area is 538 Å². The summed E-state index contributed by atoms with van der Waals surface area (Å²) in [6.07, 6.45) is 18.4. The lowest BCUT2D eigenvalue weighted by Crippen LogP contribution is -2.39. The fourth-order valence-corrected chi connectivity index (χ4v) is 12.0. The van der Waals surface area contributed by atoms with Crippen LogP contribution in [0.5, 0.6) is 5.88 Å². The maximum atomic E-state index is 14.6. The Morgan fingerprint density at radius 3 is 1.29 bits per heavy atom. The minimum Gasteiger partial charge on any atom is -0.493 e. The molecule has 0 saturated heterocycles. The van der Waals surface area contributed by atoms with Gasteiger partial charge in [0.2, 0.25) is 5.88 Å². The zero-order valence-corrected chi connectivity index (χ0v) is 54.8. The van der Waals surface area contributed by atoms with E-state index in [4.69, 9.17) is 5.11 Å². The number of nitrogens with zero attached hydrogens (tertiary/aromatic N) is 10. The third kappa shape index (κ3) is 18.1. The number of amides is 2. The lowest BCUT2D eigenvalue weighted by molar-refractivity contribution is 0.0678. The molecule has 7 aromatic rings. The summed E-state index contributed by atoms with van der Waals surface area (Å²) in [5.74, 6) is 0.725. The maximum absolute atomic E-state index is 14.6. The molecule has 476 valence electrons. The molecule has 0 aliphatic heterocycles. The van der Waals surface area contributed by atoms with E-state index in [1.165, 1.54) is 22.9 Å². The minimum atomic E-state index is -0.835. The van der Waals surface area contributed by atoms with Crippen LogP contribution in [0.4, 0.5) is 22.7 Å². The summed E-state index contributed by atoms with van der Waals surface area (Å²) in [5.41, 5.74) is 1.45. The standard InChI is InChI=1S/C76H92N10O5/c1-9-17-29-54(13-5)49-83(50-55(14-6)30-18-10-2)72(87)60-37-27-39-62(45-60)79-81-68-53-85(74(89)66(47-77)69(68)58-33-23-21-24-34-58)64-41-43-65(44-42-64)86-75(90)67(48-78)70(59-35-25-22-26-36-59)71(76(86)91)82-80-63-40-28-38-61(46-63)73(88)84(51-56(15-7)31-19-11-3)52-57(16-8)32-20-12-4/h21-28,33-46,53-57,91H,9-20,29-32,49-52H2,1-8H3/b81-79+,82-80+. The fourth-order valence-electron chi connectivity index (χ4n) is 12.0. The molecule has 0 fully saturated rings. The highest BCUT2D eigenvalue weighted by atomic mass is 16.3. The summed E-state index contributed by atoms with van der Waals surface area (Å²) in [6.45, 7) is 20.2. The van der Waals surface area contributed by atoms with Gasteiger partial charge in [-0.05, 0) is 121 Å². The van der Waals surface area contributed by atoms with Crippen LogP contribution in [-0.2, 0) is 0 Å². The number of unbranched alkanes of at least 4 members (excludes halogenated alkanes) is 4. The Hall–Kier alpha value is -9.08. The third-order valence-electron chi connectivity index (χ3n) is 17.6. The van der Waals surface area contributed by atoms with Crippen molar-refractivity contribution in [1.29, 1.82) is 10.5 Å². The van der Waals surface area contributed by atoms with E-state index in [0.717, 1.165) is 107 Å². The number of benzene rings is 5. The average Bonchev–Trinajstić information content (AvgIpc) is 1.03. The minimum absolute atomic E-state index is 0.0590. The Morgan fingerprint density at radius 2 is 0.879 bits per heavy atom. The molecule has 4 atom stereocenters. The first-order chi connectivity index (χ1) is 44.3. The van der Waals surface area contributed by atoms with Gasteiger partial charge >= 0.3 is 0 Å². The number of azo groups is 2. The number of hydrogen-bond acceptors (Lipinski definition) is 11. The first kappa shape index (κ1) is 69.4. The smallest absolute Gasteiger partial charge is 0.276 e. The Kier molecular flexibility index (Phi) is 27.0. The highest BCUT2D eigenvalue weighted by Crippen LogP contribution is 2.41. The lowest BCUT2D eigenvalue weighted by Gasteiger charge is -2.31. The van der Waals surface area contributed by atoms with Gasteiger partial charge in [-0.15, -0.1) is 10.2 Å². The molecule has 5 aromatic carbocycles. The summed E-state index contributed by atoms with van der Waals surface area (Å²) in [6, 6.07) is 42.1. The highest BCUT2D eigenvalue weighted by Gasteiger charge is 2.28. The molecule has 2 heterocycles. The quantitative estimate of drug-likeness (QED) is 0.0386. The van der Waals surface area contributed by atoms with Gasteiger partial charge in [-0.3, -0.25) is 23.7 Å². The highest BCUT2D eigenvalue weighted by molar-refractivity contribution is 5.96. The molecule has 1 N–H and O–H groups in total. The van der Waals surface area contributed by atoms with Crippen molar-refractivity contribution in [3.8, 4) is 51.6 Å². The molecule has 0 saturated carbocycles. The normalized spacial score (nSPS) is 12.8. The van der Waals surface area contributed by atoms with Gasteiger partial charge < -0.3 is 14.9 Å². The molecule has 2 amide bonds. The molecule has 0 spiro atoms. The molecule has 15 heteroatoms. The van der Waals surface area contributed by atoms with Crippen molar-refractivity contribution in [3.63, 3.8) is 0 Å². The molecule has 0 bridgehead atoms. The predicted octanol–water partition coefficient (Wildman–Crippen LogP) is 19.4. The summed E-state index contributed by atoms with van der Waals surface area (Å²) in [4.78, 5) is 62.5. The van der Waals surface area contributed by atoms with Crippen molar-refractivity contribution in [2.24, 2.45) is 44.1 Å². The molecular weight excluding hydrogens is 1130 g/mol. The van der Waals surface area contributed by atoms with Crippen LogP contribution < -0.4 is 11.1 Å². The maximum Gasteiger partial charge on any atom is 0.276 e. The second-order valence-corrected chi connectivity index (χ2v) is 24.1. The Balaban J connectivity index is 1.28. The van der Waals surface area contributed by atoms with E-state index in [2.05, 4.69) is 82.9 Å². The fraction of sp³-hybridized carbons (Fsp3) is 0.421. The molecule has 0 aliphatic carbocycles. The number of carbonyl (C=O) groups excluding carboxylic acids is 2. The van der Waals surface area contributed by atoms with Crippen LogP contribution in [-0.4, -0.2) is 62.0 Å². The molecule has 0 radical (unpaired) electrons. The first-order valence-electron chi connectivity index (χ1n) is 33.3. The van der Waals surface area contributed by atoms with Gasteiger partial charge in [0.25, 0.3) is 22.9 Å². The zero-order chi connectivity index (χ0) is 65.2. The van der Waals surface area contributed by atoms with Crippen LogP contribution in [0.2, 0.25) is 0 Å². The van der Waals surface area contributed by atoms with Crippen molar-refractivity contribution in [3.05, 3.63) is 183 Å². The predicted molar refractivity (Wildman–Crippen MR) is 366 cm³/mol. The number of rotatable bonds is 34. The Bertz CT molecular complexity index is 3750. The van der Waals surface area contributed by atoms with Crippen molar-refractivity contribution < 1.29 is 14.7 Å². The molecule has 15 nitrogen and oxygen atoms in total. The van der Waals surface area contributed by atoms with Crippen LogP contribution in [0.25, 0.3) is 33.6 Å². The van der Waals surface area contributed by atoms with Gasteiger partial charge in [0.05, 0.1) is 17.1 Å². The van der Waals surface area contributed by atoms with Crippen LogP contribution >= 0.6 is 0 Å². The van der Waals surface area contributed by atoms with Crippen LogP contribution in [0, 0.1) is 46.3 Å². The molecule has 0 aliphatic rings. The summed E-state index contributed by atoms with van der Waals surface area (Å²) in [7, 11) is 0. The zero-order valence-electron chi connectivity index (χ0n) is 54.8. The van der Waals surface area contributed by atoms with Crippen molar-refractivity contribution in [1.82, 2.24) is 18.9 Å². The summed E-state index contributed by atoms with van der Waals surface area (Å²) in [5, 5.41) is 52.5. The van der Waals surface area contributed by atoms with E-state index in [0.29, 0.717) is 83.5 Å². The van der Waals surface area contributed by atoms with Crippen LogP contribution in [0.15, 0.2) is 170 Å². The van der Waals surface area contributed by atoms with Gasteiger partial charge in [-0.2, -0.15) is 20.8 Å². The van der Waals surface area contributed by atoms with Crippen molar-refractivity contribution in [2.75, 3.05) is 26.2 Å². The van der Waals surface area contributed by atoms with Crippen molar-refractivity contribution >= 4 is 34.6 Å². The third-order valence-corrected chi connectivity index (χ3v) is 17.6. The van der Waals surface area contributed by atoms with E-state index >= 15 is 0 Å². The number of aromatic hydroxyl groups is 1. The second kappa shape index (κ2) is 35.3. The number of aromatic nitrogens is 2. The van der Waals surface area contributed by atoms with Gasteiger partial charge in [0, 0.05) is 60.3 Å². The van der Waals surface area contributed by atoms with Gasteiger partial charge in [0.15, 0.2) is 5.69 Å². The first-order valence-corrected chi connectivity index (χ1v) is 33.3. The number of pyridine rings is 2. The van der Waals surface area contributed by atoms with E-state index in [9.17, 15) is 34.8 Å². The van der Waals surface area contributed by atoms with Crippen molar-refractivity contribution in [2.45, 2.75) is 158 Å². The molecular formula is C76H92N10O5. The van der Waals surface area contributed by atoms with E-state index in [1.54, 1.807) is 109 Å². The Morgan fingerprint density at radius 1 is 0.484 bits per heavy atom. The largest absolute Gasteiger partial charge is 0.493 e.